The minimum Gasteiger partial charge on any atom is -0.508 e. The first-order valence-corrected chi connectivity index (χ1v) is 12.4. The van der Waals surface area contributed by atoms with Crippen LogP contribution in [0.3, 0.4) is 0 Å². The number of ether oxygens (including phenoxy) is 2. The summed E-state index contributed by atoms with van der Waals surface area (Å²) in [5.41, 5.74) is 4.25. The maximum Gasteiger partial charge on any atom is 0.343 e. The van der Waals surface area contributed by atoms with Crippen molar-refractivity contribution in [3.8, 4) is 34.1 Å². The molecule has 2 N–H and O–H groups in total. The number of aromatic hydroxyl groups is 2. The van der Waals surface area contributed by atoms with Gasteiger partial charge in [0.05, 0.1) is 16.5 Å². The second-order valence-corrected chi connectivity index (χ2v) is 9.56. The molecule has 0 aromatic heterocycles. The highest BCUT2D eigenvalue weighted by Gasteiger charge is 2.49. The van der Waals surface area contributed by atoms with Gasteiger partial charge in [-0.3, -0.25) is 0 Å². The second-order valence-electron chi connectivity index (χ2n) is 9.56. The number of carbonyl (C=O) groups excluding carboxylic acids is 2. The lowest BCUT2D eigenvalue weighted by molar-refractivity contribution is 0.0690. The van der Waals surface area contributed by atoms with E-state index in [1.165, 1.54) is 6.07 Å². The molecule has 0 saturated heterocycles. The number of phenolic OH excluding ortho intramolecular Hbond substituents is 2. The zero-order chi connectivity index (χ0) is 26.7. The fourth-order valence-corrected chi connectivity index (χ4v) is 5.79. The van der Waals surface area contributed by atoms with Crippen molar-refractivity contribution in [3.05, 3.63) is 143 Å². The molecule has 0 saturated carbocycles. The van der Waals surface area contributed by atoms with E-state index in [4.69, 9.17) is 9.47 Å². The minimum atomic E-state index is -1.04. The highest BCUT2D eigenvalue weighted by molar-refractivity contribution is 6.00. The van der Waals surface area contributed by atoms with Gasteiger partial charge in [0.25, 0.3) is 0 Å². The first-order valence-electron chi connectivity index (χ1n) is 12.4. The van der Waals surface area contributed by atoms with E-state index in [-0.39, 0.29) is 34.1 Å². The summed E-state index contributed by atoms with van der Waals surface area (Å²) in [5.74, 6) is -0.774. The van der Waals surface area contributed by atoms with Gasteiger partial charge in [0, 0.05) is 5.56 Å². The molecule has 0 radical (unpaired) electrons. The van der Waals surface area contributed by atoms with Crippen molar-refractivity contribution >= 4 is 11.9 Å². The molecule has 0 atom stereocenters. The summed E-state index contributed by atoms with van der Waals surface area (Å²) in [6.45, 7) is 0. The van der Waals surface area contributed by atoms with Crippen LogP contribution in [-0.2, 0) is 5.41 Å². The zero-order valence-corrected chi connectivity index (χ0v) is 20.4. The summed E-state index contributed by atoms with van der Waals surface area (Å²) in [7, 11) is 0. The van der Waals surface area contributed by atoms with E-state index in [0.29, 0.717) is 5.56 Å². The molecule has 39 heavy (non-hydrogen) atoms. The molecule has 2 aliphatic rings. The lowest BCUT2D eigenvalue weighted by atomic mass is 9.67. The molecule has 0 amide bonds. The van der Waals surface area contributed by atoms with Gasteiger partial charge in [0.2, 0.25) is 0 Å². The normalized spacial score (nSPS) is 14.6. The van der Waals surface area contributed by atoms with Gasteiger partial charge in [-0.15, -0.1) is 0 Å². The van der Waals surface area contributed by atoms with E-state index < -0.39 is 17.4 Å². The Bertz CT molecular complexity index is 1760. The summed E-state index contributed by atoms with van der Waals surface area (Å²) >= 11 is 0. The van der Waals surface area contributed by atoms with Gasteiger partial charge in [0.15, 0.2) is 11.5 Å². The monoisotopic (exact) mass is 512 g/mol. The number of esters is 2. The molecule has 0 unspecified atom stereocenters. The van der Waals surface area contributed by atoms with E-state index in [9.17, 15) is 19.8 Å². The molecule has 1 aliphatic heterocycles. The van der Waals surface area contributed by atoms with Crippen LogP contribution in [0.4, 0.5) is 0 Å². The topological polar surface area (TPSA) is 93.1 Å². The molecule has 6 heteroatoms. The lowest BCUT2D eigenvalue weighted by Crippen LogP contribution is -2.29. The van der Waals surface area contributed by atoms with Gasteiger partial charge in [-0.05, 0) is 76.3 Å². The van der Waals surface area contributed by atoms with Gasteiger partial charge in [-0.2, -0.15) is 0 Å². The minimum absolute atomic E-state index is 0.102. The zero-order valence-electron chi connectivity index (χ0n) is 20.4. The van der Waals surface area contributed by atoms with Gasteiger partial charge in [-0.1, -0.05) is 60.7 Å². The van der Waals surface area contributed by atoms with Crippen molar-refractivity contribution in [2.24, 2.45) is 0 Å². The molecule has 7 rings (SSSR count). The highest BCUT2D eigenvalue weighted by atomic mass is 16.6. The first kappa shape index (κ1) is 22.8. The average Bonchev–Trinajstić information content (AvgIpc) is 3.27. The summed E-state index contributed by atoms with van der Waals surface area (Å²) in [5, 5.41) is 20.3. The van der Waals surface area contributed by atoms with Gasteiger partial charge in [0.1, 0.15) is 11.5 Å². The molecular weight excluding hydrogens is 492 g/mol. The number of rotatable bonds is 2. The van der Waals surface area contributed by atoms with Crippen LogP contribution in [-0.4, -0.2) is 22.2 Å². The Hall–Kier alpha value is -5.36. The Morgan fingerprint density at radius 2 is 1.15 bits per heavy atom. The van der Waals surface area contributed by atoms with E-state index >= 15 is 0 Å². The number of phenols is 2. The summed E-state index contributed by atoms with van der Waals surface area (Å²) < 4.78 is 11.9. The standard InChI is InChI=1S/C33H20O6/c34-23-12-8-21(9-13-23)33(22-10-14-24(35)15-11-22)27-7-2-1-6-25(27)26-16-17-28-30(29(26)33)39-32(37)20-5-3-4-19(18-20)31(36)38-28/h1-18,34-35H. The van der Waals surface area contributed by atoms with Gasteiger partial charge in [-0.25, -0.2) is 9.59 Å². The van der Waals surface area contributed by atoms with Crippen LogP contribution in [0.2, 0.25) is 0 Å². The third kappa shape index (κ3) is 3.28. The Morgan fingerprint density at radius 3 is 1.79 bits per heavy atom. The van der Waals surface area contributed by atoms with Crippen molar-refractivity contribution in [1.29, 1.82) is 0 Å². The number of carbonyl (C=O) groups is 2. The Kier molecular flexibility index (Phi) is 4.87. The summed E-state index contributed by atoms with van der Waals surface area (Å²) in [6, 6.07) is 31.3. The van der Waals surface area contributed by atoms with Crippen LogP contribution in [0.15, 0.2) is 109 Å². The van der Waals surface area contributed by atoms with Crippen LogP contribution in [0, 0.1) is 0 Å². The Labute approximate surface area is 223 Å². The van der Waals surface area contributed by atoms with E-state index in [1.54, 1.807) is 48.5 Å². The second kappa shape index (κ2) is 8.33. The highest BCUT2D eigenvalue weighted by Crippen LogP contribution is 2.61. The lowest BCUT2D eigenvalue weighted by Gasteiger charge is -2.35. The smallest absolute Gasteiger partial charge is 0.343 e. The fraction of sp³-hybridized carbons (Fsp3) is 0.0303. The maximum atomic E-state index is 13.4. The fourth-order valence-electron chi connectivity index (χ4n) is 5.79. The van der Waals surface area contributed by atoms with Gasteiger partial charge >= 0.3 is 11.9 Å². The van der Waals surface area contributed by atoms with Crippen molar-refractivity contribution in [3.63, 3.8) is 0 Å². The third-order valence-corrected chi connectivity index (χ3v) is 7.45. The van der Waals surface area contributed by atoms with Crippen molar-refractivity contribution in [2.45, 2.75) is 5.41 Å². The van der Waals surface area contributed by atoms with Crippen LogP contribution >= 0.6 is 0 Å². The SMILES string of the molecule is O=C1Oc2ccc3c(c2OC(=O)c2cccc1c2)C(c1ccc(O)cc1)(c1ccc(O)cc1)c1ccccc1-3. The van der Waals surface area contributed by atoms with E-state index in [2.05, 4.69) is 0 Å². The third-order valence-electron chi connectivity index (χ3n) is 7.45. The molecule has 0 fully saturated rings. The van der Waals surface area contributed by atoms with E-state index in [1.807, 2.05) is 54.6 Å². The number of hydrogen-bond donors (Lipinski definition) is 2. The molecular formula is C33H20O6. The quantitative estimate of drug-likeness (QED) is 0.212. The average molecular weight is 513 g/mol. The Morgan fingerprint density at radius 1 is 0.564 bits per heavy atom. The number of hydrogen-bond acceptors (Lipinski definition) is 6. The van der Waals surface area contributed by atoms with Crippen molar-refractivity contribution < 1.29 is 29.3 Å². The summed E-state index contributed by atoms with van der Waals surface area (Å²) in [6.07, 6.45) is 0. The van der Waals surface area contributed by atoms with Crippen molar-refractivity contribution in [2.75, 3.05) is 0 Å². The molecule has 5 aromatic carbocycles. The van der Waals surface area contributed by atoms with Crippen LogP contribution < -0.4 is 9.47 Å². The predicted octanol–water partition coefficient (Wildman–Crippen LogP) is 6.21. The van der Waals surface area contributed by atoms with Crippen LogP contribution in [0.25, 0.3) is 11.1 Å². The van der Waals surface area contributed by atoms with E-state index in [0.717, 1.165) is 27.8 Å². The maximum absolute atomic E-state index is 13.4. The molecule has 0 spiro atoms. The largest absolute Gasteiger partial charge is 0.508 e. The Balaban J connectivity index is 1.62. The molecule has 1 heterocycles. The molecule has 2 bridgehead atoms. The van der Waals surface area contributed by atoms with Crippen LogP contribution in [0.5, 0.6) is 23.0 Å². The predicted molar refractivity (Wildman–Crippen MR) is 143 cm³/mol. The van der Waals surface area contributed by atoms with Crippen LogP contribution in [0.1, 0.15) is 43.0 Å². The number of benzene rings is 5. The molecule has 5 aromatic rings. The van der Waals surface area contributed by atoms with Crippen molar-refractivity contribution in [1.82, 2.24) is 0 Å². The molecule has 1 aliphatic carbocycles. The molecule has 6 nitrogen and oxygen atoms in total. The molecule has 188 valence electrons. The first-order chi connectivity index (χ1) is 19.0. The summed E-state index contributed by atoms with van der Waals surface area (Å²) in [4.78, 5) is 26.5. The number of fused-ring (bicyclic) bond motifs is 7. The van der Waals surface area contributed by atoms with Gasteiger partial charge < -0.3 is 19.7 Å².